The Labute approximate surface area is 145 Å². The first-order valence-corrected chi connectivity index (χ1v) is 7.50. The summed E-state index contributed by atoms with van der Waals surface area (Å²) in [5, 5.41) is 17.1. The minimum Gasteiger partial charge on any atom is -0.328 e. The molecule has 1 atom stereocenters. The lowest BCUT2D eigenvalue weighted by Crippen LogP contribution is -2.31. The largest absolute Gasteiger partial charge is 0.453 e. The molecule has 0 aliphatic carbocycles. The zero-order chi connectivity index (χ0) is 18.7. The van der Waals surface area contributed by atoms with Crippen LogP contribution in [0.1, 0.15) is 24.6 Å². The van der Waals surface area contributed by atoms with E-state index < -0.39 is 24.1 Å². The number of nitrogens with zero attached hydrogens (tertiary/aromatic N) is 3. The fourth-order valence-corrected chi connectivity index (χ4v) is 2.21. The molecule has 0 bridgehead atoms. The van der Waals surface area contributed by atoms with Crippen molar-refractivity contribution in [2.24, 2.45) is 0 Å². The van der Waals surface area contributed by atoms with Crippen LogP contribution in [-0.2, 0) is 6.18 Å². The summed E-state index contributed by atoms with van der Waals surface area (Å²) in [4.78, 5) is 15.4. The van der Waals surface area contributed by atoms with Gasteiger partial charge in [-0.3, -0.25) is 10.2 Å². The molecule has 2 heterocycles. The molecule has 0 saturated heterocycles. The van der Waals surface area contributed by atoms with Gasteiger partial charge in [-0.2, -0.15) is 18.3 Å². The molecule has 0 fully saturated rings. The Morgan fingerprint density at radius 3 is 2.69 bits per heavy atom. The summed E-state index contributed by atoms with van der Waals surface area (Å²) in [7, 11) is 0. The number of hydrogen-bond donors (Lipinski definition) is 4. The van der Waals surface area contributed by atoms with Crippen molar-refractivity contribution in [3.63, 3.8) is 0 Å². The topological polar surface area (TPSA) is 111 Å². The number of halogens is 3. The maximum absolute atomic E-state index is 12.5. The number of aromatic amines is 2. The third-order valence-electron chi connectivity index (χ3n) is 3.45. The molecule has 3 rings (SSSR count). The van der Waals surface area contributed by atoms with Crippen LogP contribution in [0.4, 0.5) is 23.7 Å². The van der Waals surface area contributed by atoms with Gasteiger partial charge in [0, 0.05) is 17.4 Å². The Balaban J connectivity index is 1.64. The van der Waals surface area contributed by atoms with E-state index in [2.05, 4.69) is 36.0 Å². The second-order valence-electron chi connectivity index (χ2n) is 5.41. The quantitative estimate of drug-likeness (QED) is 0.569. The lowest BCUT2D eigenvalue weighted by molar-refractivity contribution is -0.144. The number of hydrogen-bond acceptors (Lipinski definition) is 4. The zero-order valence-corrected chi connectivity index (χ0v) is 13.4. The number of benzene rings is 1. The molecule has 26 heavy (non-hydrogen) atoms. The fraction of sp³-hybridized carbons (Fsp3) is 0.200. The summed E-state index contributed by atoms with van der Waals surface area (Å²) in [6, 6.07) is 7.39. The van der Waals surface area contributed by atoms with Crippen LogP contribution in [0.3, 0.4) is 0 Å². The van der Waals surface area contributed by atoms with Crippen molar-refractivity contribution in [3.05, 3.63) is 48.2 Å². The van der Waals surface area contributed by atoms with Crippen LogP contribution in [0.15, 0.2) is 36.5 Å². The van der Waals surface area contributed by atoms with E-state index in [0.29, 0.717) is 5.69 Å². The summed E-state index contributed by atoms with van der Waals surface area (Å²) >= 11 is 0. The zero-order valence-electron chi connectivity index (χ0n) is 13.4. The van der Waals surface area contributed by atoms with Crippen LogP contribution in [-0.4, -0.2) is 31.4 Å². The first-order chi connectivity index (χ1) is 12.3. The minimum atomic E-state index is -4.65. The summed E-state index contributed by atoms with van der Waals surface area (Å²) in [6.45, 7) is 1.49. The Kier molecular flexibility index (Phi) is 4.61. The molecule has 8 nitrogen and oxygen atoms in total. The van der Waals surface area contributed by atoms with Gasteiger partial charge in [0.05, 0.1) is 11.7 Å². The highest BCUT2D eigenvalue weighted by atomic mass is 19.4. The summed E-state index contributed by atoms with van der Waals surface area (Å²) in [6.07, 6.45) is -3.04. The summed E-state index contributed by atoms with van der Waals surface area (Å²) in [5.41, 5.74) is 2.11. The number of nitrogens with one attached hydrogen (secondary N) is 4. The molecule has 0 aliphatic heterocycles. The molecular formula is C15H14F3N7O. The number of alkyl halides is 3. The average Bonchev–Trinajstić information content (AvgIpc) is 3.26. The molecule has 0 saturated carbocycles. The smallest absolute Gasteiger partial charge is 0.328 e. The number of amides is 2. The van der Waals surface area contributed by atoms with Crippen molar-refractivity contribution >= 4 is 11.7 Å². The normalized spacial score (nSPS) is 12.6. The van der Waals surface area contributed by atoms with E-state index in [0.717, 1.165) is 11.3 Å². The van der Waals surface area contributed by atoms with Gasteiger partial charge in [0.2, 0.25) is 0 Å². The lowest BCUT2D eigenvalue weighted by atomic mass is 10.1. The lowest BCUT2D eigenvalue weighted by Gasteiger charge is -2.12. The van der Waals surface area contributed by atoms with Crippen LogP contribution in [0.25, 0.3) is 11.3 Å². The average molecular weight is 365 g/mol. The molecule has 2 aromatic heterocycles. The van der Waals surface area contributed by atoms with Gasteiger partial charge < -0.3 is 10.6 Å². The van der Waals surface area contributed by atoms with Crippen molar-refractivity contribution in [1.29, 1.82) is 0 Å². The highest BCUT2D eigenvalue weighted by Crippen LogP contribution is 2.26. The highest BCUT2D eigenvalue weighted by molar-refractivity contribution is 5.90. The third-order valence-corrected chi connectivity index (χ3v) is 3.45. The standard InChI is InChI=1S/C15H14F3N7O/c1-8(12-22-13(25-24-12)15(16,17)18)20-14(26)21-10-4-2-3-9(7-10)11-5-6-19-23-11/h2-8H,1H3,(H,19,23)(H2,20,21,26)(H,22,24,25). The van der Waals surface area contributed by atoms with Crippen LogP contribution < -0.4 is 10.6 Å². The van der Waals surface area contributed by atoms with Crippen LogP contribution in [0, 0.1) is 0 Å². The van der Waals surface area contributed by atoms with Crippen molar-refractivity contribution in [2.45, 2.75) is 19.1 Å². The molecule has 2 amide bonds. The van der Waals surface area contributed by atoms with Gasteiger partial charge in [0.1, 0.15) is 5.82 Å². The predicted molar refractivity (Wildman–Crippen MR) is 86.0 cm³/mol. The summed E-state index contributed by atoms with van der Waals surface area (Å²) in [5.74, 6) is -1.38. The van der Waals surface area contributed by atoms with Gasteiger partial charge in [-0.15, -0.1) is 5.10 Å². The maximum Gasteiger partial charge on any atom is 0.453 e. The van der Waals surface area contributed by atoms with E-state index in [4.69, 9.17) is 0 Å². The molecule has 1 unspecified atom stereocenters. The first-order valence-electron chi connectivity index (χ1n) is 7.50. The number of urea groups is 1. The minimum absolute atomic E-state index is 0.0984. The first kappa shape index (κ1) is 17.5. The summed E-state index contributed by atoms with van der Waals surface area (Å²) < 4.78 is 37.6. The van der Waals surface area contributed by atoms with E-state index in [1.165, 1.54) is 6.92 Å². The number of anilines is 1. The molecule has 0 aliphatic rings. The van der Waals surface area contributed by atoms with E-state index in [-0.39, 0.29) is 5.82 Å². The Bertz CT molecular complexity index is 889. The van der Waals surface area contributed by atoms with Crippen LogP contribution in [0.5, 0.6) is 0 Å². The second-order valence-corrected chi connectivity index (χ2v) is 5.41. The van der Waals surface area contributed by atoms with Gasteiger partial charge in [-0.1, -0.05) is 12.1 Å². The Morgan fingerprint density at radius 2 is 2.04 bits per heavy atom. The SMILES string of the molecule is CC(NC(=O)Nc1cccc(-c2ccn[nH]2)c1)c1nc(C(F)(F)F)n[nH]1. The highest BCUT2D eigenvalue weighted by Gasteiger charge is 2.36. The van der Waals surface area contributed by atoms with Crippen molar-refractivity contribution < 1.29 is 18.0 Å². The van der Waals surface area contributed by atoms with Gasteiger partial charge in [-0.25, -0.2) is 9.78 Å². The maximum atomic E-state index is 12.5. The molecule has 3 aromatic rings. The van der Waals surface area contributed by atoms with Gasteiger partial charge in [0.25, 0.3) is 5.82 Å². The van der Waals surface area contributed by atoms with Crippen molar-refractivity contribution in [2.75, 3.05) is 5.32 Å². The van der Waals surface area contributed by atoms with E-state index in [9.17, 15) is 18.0 Å². The van der Waals surface area contributed by atoms with Gasteiger partial charge in [-0.05, 0) is 25.1 Å². The van der Waals surface area contributed by atoms with Gasteiger partial charge in [0.15, 0.2) is 0 Å². The van der Waals surface area contributed by atoms with Crippen molar-refractivity contribution in [1.82, 2.24) is 30.7 Å². The van der Waals surface area contributed by atoms with E-state index in [1.54, 1.807) is 30.5 Å². The molecule has 4 N–H and O–H groups in total. The number of rotatable bonds is 4. The number of carbonyl (C=O) groups is 1. The molecule has 1 aromatic carbocycles. The fourth-order valence-electron chi connectivity index (χ4n) is 2.21. The Hall–Kier alpha value is -3.37. The third kappa shape index (κ3) is 3.99. The monoisotopic (exact) mass is 365 g/mol. The molecule has 11 heteroatoms. The molecule has 0 radical (unpaired) electrons. The number of aromatic nitrogens is 5. The predicted octanol–water partition coefficient (Wildman–Crippen LogP) is 3.10. The van der Waals surface area contributed by atoms with Crippen LogP contribution >= 0.6 is 0 Å². The second kappa shape index (κ2) is 6.86. The van der Waals surface area contributed by atoms with Crippen LogP contribution in [0.2, 0.25) is 0 Å². The number of carbonyl (C=O) groups excluding carboxylic acids is 1. The van der Waals surface area contributed by atoms with E-state index >= 15 is 0 Å². The van der Waals surface area contributed by atoms with E-state index in [1.807, 2.05) is 6.07 Å². The number of H-pyrrole nitrogens is 2. The molecule has 136 valence electrons. The molecular weight excluding hydrogens is 351 g/mol. The van der Waals surface area contributed by atoms with Crippen molar-refractivity contribution in [3.8, 4) is 11.3 Å². The molecule has 0 spiro atoms. The van der Waals surface area contributed by atoms with Gasteiger partial charge >= 0.3 is 12.2 Å². The Morgan fingerprint density at radius 1 is 1.23 bits per heavy atom.